The van der Waals surface area contributed by atoms with Gasteiger partial charge in [0.05, 0.1) is 6.20 Å². The van der Waals surface area contributed by atoms with E-state index >= 15 is 0 Å². The Morgan fingerprint density at radius 1 is 1.35 bits per heavy atom. The lowest BCUT2D eigenvalue weighted by atomic mass is 9.75. The molecule has 5 heteroatoms. The summed E-state index contributed by atoms with van der Waals surface area (Å²) in [6.45, 7) is 10.9. The Morgan fingerprint density at radius 3 is 2.57 bits per heavy atom. The molecule has 0 aliphatic carbocycles. The van der Waals surface area contributed by atoms with Crippen LogP contribution >= 0.6 is 0 Å². The molecule has 5 nitrogen and oxygen atoms in total. The maximum Gasteiger partial charge on any atom is 0.269 e. The lowest BCUT2D eigenvalue weighted by molar-refractivity contribution is 0.0958. The van der Waals surface area contributed by atoms with E-state index in [9.17, 15) is 4.79 Å². The molecule has 1 aliphatic heterocycles. The highest BCUT2D eigenvalue weighted by Gasteiger charge is 2.28. The summed E-state index contributed by atoms with van der Waals surface area (Å²) in [4.78, 5) is 18.0. The summed E-state index contributed by atoms with van der Waals surface area (Å²) < 4.78 is 5.74. The van der Waals surface area contributed by atoms with Crippen LogP contribution in [0.5, 0.6) is 5.75 Å². The average Bonchev–Trinajstić information content (AvgIpc) is 2.54. The van der Waals surface area contributed by atoms with Crippen molar-refractivity contribution >= 4 is 5.91 Å². The molecular formula is C18H29N3O2. The SMILES string of the molecule is CNC(=O)c1ccc(OCCN2CCC(C(C)(C)C)CC2)cn1. The first-order chi connectivity index (χ1) is 10.9. The van der Waals surface area contributed by atoms with Crippen LogP contribution in [0.15, 0.2) is 18.3 Å². The van der Waals surface area contributed by atoms with Gasteiger partial charge in [-0.1, -0.05) is 20.8 Å². The molecule has 1 amide bonds. The van der Waals surface area contributed by atoms with Gasteiger partial charge in [-0.2, -0.15) is 0 Å². The Kier molecular flexibility index (Phi) is 5.99. The summed E-state index contributed by atoms with van der Waals surface area (Å²) in [6, 6.07) is 3.48. The van der Waals surface area contributed by atoms with Gasteiger partial charge in [-0.05, 0) is 49.4 Å². The number of carbonyl (C=O) groups is 1. The number of nitrogens with zero attached hydrogens (tertiary/aromatic N) is 2. The summed E-state index contributed by atoms with van der Waals surface area (Å²) in [6.07, 6.45) is 4.15. The molecule has 0 atom stereocenters. The smallest absolute Gasteiger partial charge is 0.269 e. The number of nitrogens with one attached hydrogen (secondary N) is 1. The Labute approximate surface area is 139 Å². The number of likely N-dealkylation sites (tertiary alicyclic amines) is 1. The predicted molar refractivity (Wildman–Crippen MR) is 91.7 cm³/mol. The maximum atomic E-state index is 11.4. The summed E-state index contributed by atoms with van der Waals surface area (Å²) in [5.74, 6) is 1.35. The van der Waals surface area contributed by atoms with Crippen molar-refractivity contribution in [3.05, 3.63) is 24.0 Å². The number of amides is 1. The van der Waals surface area contributed by atoms with Crippen LogP contribution in [0.1, 0.15) is 44.1 Å². The molecule has 128 valence electrons. The Bertz CT molecular complexity index is 500. The lowest BCUT2D eigenvalue weighted by Crippen LogP contribution is -2.39. The second-order valence-electron chi connectivity index (χ2n) is 7.29. The van der Waals surface area contributed by atoms with Crippen molar-refractivity contribution in [1.82, 2.24) is 15.2 Å². The van der Waals surface area contributed by atoms with Crippen LogP contribution in [-0.2, 0) is 0 Å². The highest BCUT2D eigenvalue weighted by molar-refractivity contribution is 5.91. The quantitative estimate of drug-likeness (QED) is 0.906. The Hall–Kier alpha value is -1.62. The van der Waals surface area contributed by atoms with Crippen LogP contribution in [0.3, 0.4) is 0 Å². The van der Waals surface area contributed by atoms with Crippen molar-refractivity contribution in [3.8, 4) is 5.75 Å². The number of hydrogen-bond acceptors (Lipinski definition) is 4. The second-order valence-corrected chi connectivity index (χ2v) is 7.29. The van der Waals surface area contributed by atoms with Gasteiger partial charge < -0.3 is 10.1 Å². The average molecular weight is 319 g/mol. The van der Waals surface area contributed by atoms with E-state index in [0.29, 0.717) is 23.5 Å². The van der Waals surface area contributed by atoms with E-state index in [4.69, 9.17) is 4.74 Å². The Balaban J connectivity index is 1.71. The number of aromatic nitrogens is 1. The van der Waals surface area contributed by atoms with E-state index in [1.807, 2.05) is 0 Å². The molecular weight excluding hydrogens is 290 g/mol. The predicted octanol–water partition coefficient (Wildman–Crippen LogP) is 2.58. The van der Waals surface area contributed by atoms with Crippen molar-refractivity contribution in [3.63, 3.8) is 0 Å². The monoisotopic (exact) mass is 319 g/mol. The molecule has 0 spiro atoms. The molecule has 1 aliphatic rings. The molecule has 0 aromatic carbocycles. The minimum Gasteiger partial charge on any atom is -0.491 e. The molecule has 0 saturated carbocycles. The van der Waals surface area contributed by atoms with Gasteiger partial charge in [0.15, 0.2) is 0 Å². The zero-order valence-corrected chi connectivity index (χ0v) is 14.8. The molecule has 1 N–H and O–H groups in total. The fraction of sp³-hybridized carbons (Fsp3) is 0.667. The third-order valence-electron chi connectivity index (χ3n) is 4.68. The molecule has 0 bridgehead atoms. The number of carbonyl (C=O) groups excluding carboxylic acids is 1. The van der Waals surface area contributed by atoms with Crippen LogP contribution in [0.4, 0.5) is 0 Å². The lowest BCUT2D eigenvalue weighted by Gasteiger charge is -2.38. The first-order valence-corrected chi connectivity index (χ1v) is 8.43. The molecule has 0 radical (unpaired) electrons. The maximum absolute atomic E-state index is 11.4. The van der Waals surface area contributed by atoms with Crippen LogP contribution < -0.4 is 10.1 Å². The van der Waals surface area contributed by atoms with Crippen LogP contribution in [-0.4, -0.2) is 49.1 Å². The van der Waals surface area contributed by atoms with Gasteiger partial charge in [-0.3, -0.25) is 9.69 Å². The van der Waals surface area contributed by atoms with E-state index in [1.165, 1.54) is 12.8 Å². The zero-order chi connectivity index (χ0) is 16.9. The van der Waals surface area contributed by atoms with Crippen LogP contribution in [0.25, 0.3) is 0 Å². The number of pyridine rings is 1. The number of hydrogen-bond donors (Lipinski definition) is 1. The van der Waals surface area contributed by atoms with Crippen molar-refractivity contribution in [2.24, 2.45) is 11.3 Å². The molecule has 1 fully saturated rings. The molecule has 1 aromatic rings. The normalized spacial score (nSPS) is 17.0. The fourth-order valence-corrected chi connectivity index (χ4v) is 3.04. The summed E-state index contributed by atoms with van der Waals surface area (Å²) in [5.41, 5.74) is 0.824. The topological polar surface area (TPSA) is 54.5 Å². The summed E-state index contributed by atoms with van der Waals surface area (Å²) in [5, 5.41) is 2.55. The fourth-order valence-electron chi connectivity index (χ4n) is 3.04. The summed E-state index contributed by atoms with van der Waals surface area (Å²) >= 11 is 0. The van der Waals surface area contributed by atoms with Gasteiger partial charge in [0.1, 0.15) is 18.1 Å². The van der Waals surface area contributed by atoms with Crippen molar-refractivity contribution in [2.75, 3.05) is 33.3 Å². The van der Waals surface area contributed by atoms with Gasteiger partial charge in [0, 0.05) is 13.6 Å². The number of piperidine rings is 1. The Morgan fingerprint density at radius 2 is 2.04 bits per heavy atom. The van der Waals surface area contributed by atoms with E-state index in [2.05, 4.69) is 36.0 Å². The van der Waals surface area contributed by atoms with Crippen molar-refractivity contribution in [1.29, 1.82) is 0 Å². The third kappa shape index (κ3) is 5.20. The van der Waals surface area contributed by atoms with Gasteiger partial charge in [0.25, 0.3) is 5.91 Å². The molecule has 2 rings (SSSR count). The second kappa shape index (κ2) is 7.77. The van der Waals surface area contributed by atoms with Gasteiger partial charge in [-0.25, -0.2) is 4.98 Å². The molecule has 1 saturated heterocycles. The van der Waals surface area contributed by atoms with Gasteiger partial charge in [0.2, 0.25) is 0 Å². The first-order valence-electron chi connectivity index (χ1n) is 8.43. The molecule has 1 aromatic heterocycles. The molecule has 0 unspecified atom stereocenters. The number of rotatable bonds is 5. The van der Waals surface area contributed by atoms with Crippen molar-refractivity contribution in [2.45, 2.75) is 33.6 Å². The van der Waals surface area contributed by atoms with E-state index in [-0.39, 0.29) is 5.91 Å². The van der Waals surface area contributed by atoms with Crippen molar-refractivity contribution < 1.29 is 9.53 Å². The summed E-state index contributed by atoms with van der Waals surface area (Å²) in [7, 11) is 1.59. The van der Waals surface area contributed by atoms with Gasteiger partial charge in [-0.15, -0.1) is 0 Å². The highest BCUT2D eigenvalue weighted by Crippen LogP contribution is 2.34. The highest BCUT2D eigenvalue weighted by atomic mass is 16.5. The van der Waals surface area contributed by atoms with E-state index < -0.39 is 0 Å². The standard InChI is InChI=1S/C18H29N3O2/c1-18(2,3)14-7-9-21(10-8-14)11-12-23-15-5-6-16(20-13-15)17(22)19-4/h5-6,13-14H,7-12H2,1-4H3,(H,19,22). The minimum atomic E-state index is -0.182. The third-order valence-corrected chi connectivity index (χ3v) is 4.68. The molecule has 2 heterocycles. The van der Waals surface area contributed by atoms with Gasteiger partial charge >= 0.3 is 0 Å². The largest absolute Gasteiger partial charge is 0.491 e. The van der Waals surface area contributed by atoms with Crippen LogP contribution in [0.2, 0.25) is 0 Å². The minimum absolute atomic E-state index is 0.182. The van der Waals surface area contributed by atoms with E-state index in [1.54, 1.807) is 25.4 Å². The van der Waals surface area contributed by atoms with Crippen LogP contribution in [0, 0.1) is 11.3 Å². The number of ether oxygens (including phenoxy) is 1. The first kappa shape index (κ1) is 17.7. The molecule has 23 heavy (non-hydrogen) atoms. The van der Waals surface area contributed by atoms with E-state index in [0.717, 1.165) is 25.6 Å². The zero-order valence-electron chi connectivity index (χ0n) is 14.8.